The second kappa shape index (κ2) is 11.1. The van der Waals surface area contributed by atoms with E-state index in [0.717, 1.165) is 22.3 Å². The van der Waals surface area contributed by atoms with Gasteiger partial charge in [0.25, 0.3) is 8.32 Å². The number of fused-ring (bicyclic) bond motifs is 1. The van der Waals surface area contributed by atoms with Crippen LogP contribution in [0.4, 0.5) is 0 Å². The lowest BCUT2D eigenvalue weighted by Gasteiger charge is -2.37. The van der Waals surface area contributed by atoms with Gasteiger partial charge in [0.15, 0.2) is 17.2 Å². The monoisotopic (exact) mass is 529 g/mol. The van der Waals surface area contributed by atoms with Crippen LogP contribution in [-0.4, -0.2) is 47.9 Å². The molecule has 1 aliphatic rings. The molecule has 2 aromatic rings. The molecule has 1 amide bonds. The highest BCUT2D eigenvalue weighted by Crippen LogP contribution is 2.48. The Morgan fingerprint density at radius 3 is 2.14 bits per heavy atom. The van der Waals surface area contributed by atoms with Crippen molar-refractivity contribution >= 4 is 19.8 Å². The molecule has 1 aliphatic carbocycles. The zero-order valence-corrected chi connectivity index (χ0v) is 24.3. The fourth-order valence-electron chi connectivity index (χ4n) is 4.27. The Morgan fingerprint density at radius 1 is 0.946 bits per heavy atom. The molecule has 0 spiro atoms. The van der Waals surface area contributed by atoms with Crippen molar-refractivity contribution in [2.45, 2.75) is 51.7 Å². The molecule has 202 valence electrons. The summed E-state index contributed by atoms with van der Waals surface area (Å²) < 4.78 is 29.3. The van der Waals surface area contributed by atoms with Crippen molar-refractivity contribution in [2.24, 2.45) is 5.92 Å². The molecule has 0 heterocycles. The van der Waals surface area contributed by atoms with Gasteiger partial charge in [-0.15, -0.1) is 0 Å². The molecule has 3 rings (SSSR count). The Kier molecular flexibility index (Phi) is 8.49. The van der Waals surface area contributed by atoms with Crippen molar-refractivity contribution in [2.75, 3.05) is 28.4 Å². The first-order valence-electron chi connectivity index (χ1n) is 12.3. The van der Waals surface area contributed by atoms with Gasteiger partial charge in [0.1, 0.15) is 5.75 Å². The molecule has 0 aromatic heterocycles. The van der Waals surface area contributed by atoms with E-state index in [-0.39, 0.29) is 5.04 Å². The Balaban J connectivity index is 2.29. The van der Waals surface area contributed by atoms with E-state index in [2.05, 4.69) is 33.9 Å². The number of carbonyl (C=O) groups is 1. The molecule has 37 heavy (non-hydrogen) atoms. The molecule has 0 fully saturated rings. The van der Waals surface area contributed by atoms with Gasteiger partial charge in [0.2, 0.25) is 11.7 Å². The average Bonchev–Trinajstić information content (AvgIpc) is 3.05. The zero-order chi connectivity index (χ0) is 27.5. The molecule has 0 saturated heterocycles. The third-order valence-electron chi connectivity index (χ3n) is 7.39. The van der Waals surface area contributed by atoms with Crippen LogP contribution in [0, 0.1) is 5.92 Å². The molecule has 1 atom stereocenters. The number of nitrogens with one attached hydrogen (secondary N) is 1. The predicted octanol–water partition coefficient (Wildman–Crippen LogP) is 5.60. The summed E-state index contributed by atoms with van der Waals surface area (Å²) in [6.45, 7) is 10.9. The van der Waals surface area contributed by atoms with E-state index in [4.69, 9.17) is 23.4 Å². The standard InChI is InChI=1S/C28H39NO7Si/c1-28(2,3)37(8,9)36-23-15-17(11-13-22(23)32-4)20-14-18(27(30)29-31)10-12-19-21(20)16-24(33-5)26(35-7)25(19)34-6/h11,13-16,18,31H,10,12H2,1-9H3,(H,29,30)/t18-/m1/s1. The van der Waals surface area contributed by atoms with Crippen LogP contribution in [0.2, 0.25) is 18.1 Å². The third-order valence-corrected chi connectivity index (χ3v) is 11.7. The molecule has 2 aromatic carbocycles. The van der Waals surface area contributed by atoms with Gasteiger partial charge in [0.05, 0.1) is 34.4 Å². The lowest BCUT2D eigenvalue weighted by atomic mass is 9.92. The maximum absolute atomic E-state index is 12.6. The van der Waals surface area contributed by atoms with Crippen LogP contribution in [0.5, 0.6) is 28.7 Å². The second-order valence-electron chi connectivity index (χ2n) is 10.6. The Labute approximate surface area is 220 Å². The lowest BCUT2D eigenvalue weighted by molar-refractivity contribution is -0.132. The summed E-state index contributed by atoms with van der Waals surface area (Å²) in [7, 11) is 4.17. The summed E-state index contributed by atoms with van der Waals surface area (Å²) >= 11 is 0. The van der Waals surface area contributed by atoms with E-state index < -0.39 is 20.1 Å². The van der Waals surface area contributed by atoms with E-state index in [1.165, 1.54) is 0 Å². The van der Waals surface area contributed by atoms with Crippen molar-refractivity contribution in [3.63, 3.8) is 0 Å². The number of methoxy groups -OCH3 is 4. The summed E-state index contributed by atoms with van der Waals surface area (Å²) in [6, 6.07) is 7.68. The van der Waals surface area contributed by atoms with Crippen molar-refractivity contribution in [1.29, 1.82) is 0 Å². The smallest absolute Gasteiger partial charge is 0.250 e. The van der Waals surface area contributed by atoms with Gasteiger partial charge >= 0.3 is 0 Å². The minimum Gasteiger partial charge on any atom is -0.541 e. The number of carbonyl (C=O) groups excluding carboxylic acids is 1. The van der Waals surface area contributed by atoms with Crippen LogP contribution < -0.4 is 28.9 Å². The number of hydroxylamine groups is 1. The number of hydrogen-bond acceptors (Lipinski definition) is 7. The summed E-state index contributed by atoms with van der Waals surface area (Å²) in [5.74, 6) is 1.80. The minimum absolute atomic E-state index is 0.0101. The minimum atomic E-state index is -2.18. The van der Waals surface area contributed by atoms with Gasteiger partial charge in [-0.1, -0.05) is 32.9 Å². The second-order valence-corrected chi connectivity index (χ2v) is 15.3. The van der Waals surface area contributed by atoms with Crippen LogP contribution in [0.15, 0.2) is 30.3 Å². The highest BCUT2D eigenvalue weighted by Gasteiger charge is 2.39. The fourth-order valence-corrected chi connectivity index (χ4v) is 5.29. The normalized spacial score (nSPS) is 15.6. The molecular formula is C28H39NO7Si. The lowest BCUT2D eigenvalue weighted by Crippen LogP contribution is -2.43. The molecule has 0 radical (unpaired) electrons. The van der Waals surface area contributed by atoms with E-state index >= 15 is 0 Å². The van der Waals surface area contributed by atoms with E-state index in [0.29, 0.717) is 41.6 Å². The maximum Gasteiger partial charge on any atom is 0.250 e. The first kappa shape index (κ1) is 28.4. The molecule has 0 unspecified atom stereocenters. The molecule has 0 saturated carbocycles. The molecule has 0 bridgehead atoms. The highest BCUT2D eigenvalue weighted by molar-refractivity contribution is 6.74. The third kappa shape index (κ3) is 5.57. The SMILES string of the molecule is COc1ccc(C2=C[C@H](C(=O)NO)CCc3c2cc(OC)c(OC)c3OC)cc1O[Si](C)(C)C(C)(C)C. The van der Waals surface area contributed by atoms with E-state index in [9.17, 15) is 10.0 Å². The topological polar surface area (TPSA) is 95.5 Å². The van der Waals surface area contributed by atoms with Crippen molar-refractivity contribution in [3.05, 3.63) is 47.0 Å². The number of ether oxygens (including phenoxy) is 4. The number of rotatable bonds is 8. The predicted molar refractivity (Wildman–Crippen MR) is 146 cm³/mol. The number of hydrogen-bond donors (Lipinski definition) is 2. The van der Waals surface area contributed by atoms with Gasteiger partial charge < -0.3 is 23.4 Å². The molecule has 9 heteroatoms. The zero-order valence-electron chi connectivity index (χ0n) is 23.3. The molecule has 8 nitrogen and oxygen atoms in total. The van der Waals surface area contributed by atoms with Gasteiger partial charge in [-0.25, -0.2) is 5.48 Å². The summed E-state index contributed by atoms with van der Waals surface area (Å²) in [5, 5.41) is 9.40. The maximum atomic E-state index is 12.6. The Hall–Kier alpha value is -3.17. The molecule has 2 N–H and O–H groups in total. The fraction of sp³-hybridized carbons (Fsp3) is 0.464. The van der Waals surface area contributed by atoms with Crippen LogP contribution >= 0.6 is 0 Å². The van der Waals surface area contributed by atoms with Gasteiger partial charge in [-0.05, 0) is 65.9 Å². The van der Waals surface area contributed by atoms with Gasteiger partial charge in [-0.2, -0.15) is 0 Å². The summed E-state index contributed by atoms with van der Waals surface area (Å²) in [6.07, 6.45) is 2.87. The van der Waals surface area contributed by atoms with Gasteiger partial charge in [-0.3, -0.25) is 10.0 Å². The Bertz CT molecular complexity index is 1180. The Morgan fingerprint density at radius 2 is 1.59 bits per heavy atom. The summed E-state index contributed by atoms with van der Waals surface area (Å²) in [5.41, 5.74) is 5.18. The number of benzene rings is 2. The van der Waals surface area contributed by atoms with Gasteiger partial charge in [0, 0.05) is 5.56 Å². The molecule has 0 aliphatic heterocycles. The quantitative estimate of drug-likeness (QED) is 0.261. The van der Waals surface area contributed by atoms with Crippen LogP contribution in [0.3, 0.4) is 0 Å². The van der Waals surface area contributed by atoms with Crippen LogP contribution in [-0.2, 0) is 11.2 Å². The average molecular weight is 530 g/mol. The van der Waals surface area contributed by atoms with Crippen LogP contribution in [0.25, 0.3) is 5.57 Å². The van der Waals surface area contributed by atoms with Crippen molar-refractivity contribution in [1.82, 2.24) is 5.48 Å². The van der Waals surface area contributed by atoms with Crippen molar-refractivity contribution in [3.8, 4) is 28.7 Å². The largest absolute Gasteiger partial charge is 0.541 e. The van der Waals surface area contributed by atoms with E-state index in [1.54, 1.807) is 28.4 Å². The van der Waals surface area contributed by atoms with E-state index in [1.807, 2.05) is 35.8 Å². The summed E-state index contributed by atoms with van der Waals surface area (Å²) in [4.78, 5) is 12.6. The number of amides is 1. The highest BCUT2D eigenvalue weighted by atomic mass is 28.4. The first-order valence-corrected chi connectivity index (χ1v) is 15.2. The van der Waals surface area contributed by atoms with Crippen molar-refractivity contribution < 1.29 is 33.4 Å². The van der Waals surface area contributed by atoms with Crippen LogP contribution in [0.1, 0.15) is 43.9 Å². The first-order chi connectivity index (χ1) is 17.4. The molecular weight excluding hydrogens is 490 g/mol.